The van der Waals surface area contributed by atoms with Crippen molar-refractivity contribution >= 4 is 12.0 Å². The number of rotatable bonds is 7. The predicted molar refractivity (Wildman–Crippen MR) is 77.7 cm³/mol. The number of urea groups is 1. The zero-order valence-electron chi connectivity index (χ0n) is 11.9. The highest BCUT2D eigenvalue weighted by Gasteiger charge is 2.18. The van der Waals surface area contributed by atoms with Crippen LogP contribution in [0, 0.1) is 0 Å². The summed E-state index contributed by atoms with van der Waals surface area (Å²) < 4.78 is 0. The zero-order valence-corrected chi connectivity index (χ0v) is 11.9. The van der Waals surface area contributed by atoms with E-state index in [-0.39, 0.29) is 5.92 Å². The van der Waals surface area contributed by atoms with E-state index in [1.807, 2.05) is 44.2 Å². The molecule has 110 valence electrons. The minimum atomic E-state index is -1.00. The van der Waals surface area contributed by atoms with Gasteiger partial charge in [-0.3, -0.25) is 0 Å². The molecule has 0 saturated heterocycles. The molecule has 2 atom stereocenters. The maximum absolute atomic E-state index is 11.7. The molecular formula is C15H22N2O3. The van der Waals surface area contributed by atoms with Gasteiger partial charge in [0, 0.05) is 6.54 Å². The van der Waals surface area contributed by atoms with E-state index in [2.05, 4.69) is 10.6 Å². The number of carboxylic acids is 1. The fourth-order valence-corrected chi connectivity index (χ4v) is 1.90. The third-order valence-corrected chi connectivity index (χ3v) is 3.12. The molecule has 0 bridgehead atoms. The summed E-state index contributed by atoms with van der Waals surface area (Å²) in [6.07, 6.45) is 1.13. The highest BCUT2D eigenvalue weighted by Crippen LogP contribution is 2.12. The van der Waals surface area contributed by atoms with Gasteiger partial charge in [-0.25, -0.2) is 9.59 Å². The number of amides is 2. The van der Waals surface area contributed by atoms with E-state index in [9.17, 15) is 9.59 Å². The SMILES string of the molecule is CCCC(NC(=O)NCC(C)c1ccccc1)C(=O)O. The van der Waals surface area contributed by atoms with Crippen LogP contribution < -0.4 is 10.6 Å². The Labute approximate surface area is 119 Å². The summed E-state index contributed by atoms with van der Waals surface area (Å²) in [5.74, 6) is -0.825. The molecular weight excluding hydrogens is 256 g/mol. The molecule has 0 heterocycles. The normalized spacial score (nSPS) is 13.3. The number of carbonyl (C=O) groups excluding carboxylic acids is 1. The molecule has 3 N–H and O–H groups in total. The first-order valence-corrected chi connectivity index (χ1v) is 6.86. The van der Waals surface area contributed by atoms with Crippen molar-refractivity contribution in [1.82, 2.24) is 10.6 Å². The smallest absolute Gasteiger partial charge is 0.326 e. The number of nitrogens with one attached hydrogen (secondary N) is 2. The molecule has 5 nitrogen and oxygen atoms in total. The molecule has 1 aromatic carbocycles. The molecule has 0 saturated carbocycles. The number of hydrogen-bond donors (Lipinski definition) is 3. The summed E-state index contributed by atoms with van der Waals surface area (Å²) in [5, 5.41) is 14.2. The molecule has 0 aliphatic rings. The number of aliphatic carboxylic acids is 1. The van der Waals surface area contributed by atoms with Gasteiger partial charge in [-0.15, -0.1) is 0 Å². The molecule has 2 unspecified atom stereocenters. The Kier molecular flexibility index (Phi) is 6.56. The number of carboxylic acid groups (broad SMARTS) is 1. The summed E-state index contributed by atoms with van der Waals surface area (Å²) in [4.78, 5) is 22.6. The second-order valence-corrected chi connectivity index (χ2v) is 4.85. The number of benzene rings is 1. The first kappa shape index (κ1) is 16.0. The van der Waals surface area contributed by atoms with Crippen LogP contribution in [0.1, 0.15) is 38.2 Å². The Bertz CT molecular complexity index is 434. The van der Waals surface area contributed by atoms with Crippen molar-refractivity contribution in [3.63, 3.8) is 0 Å². The second-order valence-electron chi connectivity index (χ2n) is 4.85. The molecule has 0 fully saturated rings. The Morgan fingerprint density at radius 2 is 1.90 bits per heavy atom. The Morgan fingerprint density at radius 3 is 2.45 bits per heavy atom. The van der Waals surface area contributed by atoms with E-state index in [0.29, 0.717) is 19.4 Å². The first-order valence-electron chi connectivity index (χ1n) is 6.86. The predicted octanol–water partition coefficient (Wildman–Crippen LogP) is 2.34. The second kappa shape index (κ2) is 8.19. The van der Waals surface area contributed by atoms with Gasteiger partial charge in [-0.05, 0) is 17.9 Å². The summed E-state index contributed by atoms with van der Waals surface area (Å²) >= 11 is 0. The van der Waals surface area contributed by atoms with Crippen LogP contribution in [0.3, 0.4) is 0 Å². The lowest BCUT2D eigenvalue weighted by atomic mass is 10.0. The van der Waals surface area contributed by atoms with Gasteiger partial charge in [0.2, 0.25) is 0 Å². The Hall–Kier alpha value is -2.04. The van der Waals surface area contributed by atoms with E-state index in [1.165, 1.54) is 0 Å². The van der Waals surface area contributed by atoms with Crippen molar-refractivity contribution in [2.24, 2.45) is 0 Å². The third-order valence-electron chi connectivity index (χ3n) is 3.12. The van der Waals surface area contributed by atoms with E-state index in [4.69, 9.17) is 5.11 Å². The highest BCUT2D eigenvalue weighted by atomic mass is 16.4. The van der Waals surface area contributed by atoms with Crippen molar-refractivity contribution < 1.29 is 14.7 Å². The van der Waals surface area contributed by atoms with E-state index in [1.54, 1.807) is 0 Å². The average molecular weight is 278 g/mol. The Morgan fingerprint density at radius 1 is 1.25 bits per heavy atom. The first-order chi connectivity index (χ1) is 9.54. The fraction of sp³-hybridized carbons (Fsp3) is 0.467. The quantitative estimate of drug-likeness (QED) is 0.716. The molecule has 5 heteroatoms. The van der Waals surface area contributed by atoms with Crippen LogP contribution in [-0.2, 0) is 4.79 Å². The van der Waals surface area contributed by atoms with Crippen molar-refractivity contribution in [3.05, 3.63) is 35.9 Å². The topological polar surface area (TPSA) is 78.4 Å². The summed E-state index contributed by atoms with van der Waals surface area (Å²) in [5.41, 5.74) is 1.14. The highest BCUT2D eigenvalue weighted by molar-refractivity contribution is 5.82. The maximum Gasteiger partial charge on any atom is 0.326 e. The van der Waals surface area contributed by atoms with Crippen LogP contribution >= 0.6 is 0 Å². The zero-order chi connectivity index (χ0) is 15.0. The van der Waals surface area contributed by atoms with E-state index >= 15 is 0 Å². The van der Waals surface area contributed by atoms with Crippen LogP contribution in [0.5, 0.6) is 0 Å². The lowest BCUT2D eigenvalue weighted by Gasteiger charge is -2.16. The molecule has 1 aromatic rings. The van der Waals surface area contributed by atoms with E-state index < -0.39 is 18.0 Å². The minimum Gasteiger partial charge on any atom is -0.480 e. The van der Waals surface area contributed by atoms with Gasteiger partial charge < -0.3 is 15.7 Å². The van der Waals surface area contributed by atoms with Crippen molar-refractivity contribution in [2.45, 2.75) is 38.6 Å². The van der Waals surface area contributed by atoms with Gasteiger partial charge in [0.25, 0.3) is 0 Å². The maximum atomic E-state index is 11.7. The summed E-state index contributed by atoms with van der Waals surface area (Å²) in [7, 11) is 0. The van der Waals surface area contributed by atoms with Crippen LogP contribution in [0.4, 0.5) is 4.79 Å². The molecule has 0 aliphatic heterocycles. The number of carbonyl (C=O) groups is 2. The van der Waals surface area contributed by atoms with Gasteiger partial charge in [-0.2, -0.15) is 0 Å². The lowest BCUT2D eigenvalue weighted by Crippen LogP contribution is -2.46. The van der Waals surface area contributed by atoms with Gasteiger partial charge in [0.1, 0.15) is 6.04 Å². The standard InChI is InChI=1S/C15H22N2O3/c1-3-7-13(14(18)19)17-15(20)16-10-11(2)12-8-5-4-6-9-12/h4-6,8-9,11,13H,3,7,10H2,1-2H3,(H,18,19)(H2,16,17,20). The Balaban J connectivity index is 2.41. The van der Waals surface area contributed by atoms with E-state index in [0.717, 1.165) is 5.56 Å². The van der Waals surface area contributed by atoms with Crippen LogP contribution in [0.25, 0.3) is 0 Å². The van der Waals surface area contributed by atoms with Gasteiger partial charge in [0.15, 0.2) is 0 Å². The van der Waals surface area contributed by atoms with Crippen molar-refractivity contribution in [1.29, 1.82) is 0 Å². The third kappa shape index (κ3) is 5.30. The van der Waals surface area contributed by atoms with Gasteiger partial charge in [-0.1, -0.05) is 50.6 Å². The van der Waals surface area contributed by atoms with Gasteiger partial charge >= 0.3 is 12.0 Å². The summed E-state index contributed by atoms with van der Waals surface area (Å²) in [6.45, 7) is 4.36. The molecule has 0 spiro atoms. The molecule has 20 heavy (non-hydrogen) atoms. The minimum absolute atomic E-state index is 0.177. The fourth-order valence-electron chi connectivity index (χ4n) is 1.90. The lowest BCUT2D eigenvalue weighted by molar-refractivity contribution is -0.139. The van der Waals surface area contributed by atoms with Crippen LogP contribution in [0.2, 0.25) is 0 Å². The molecule has 0 aliphatic carbocycles. The van der Waals surface area contributed by atoms with Crippen molar-refractivity contribution in [3.8, 4) is 0 Å². The van der Waals surface area contributed by atoms with Crippen molar-refractivity contribution in [2.75, 3.05) is 6.54 Å². The average Bonchev–Trinajstić information content (AvgIpc) is 2.45. The molecule has 1 rings (SSSR count). The van der Waals surface area contributed by atoms with Gasteiger partial charge in [0.05, 0.1) is 0 Å². The molecule has 0 aromatic heterocycles. The largest absolute Gasteiger partial charge is 0.480 e. The monoisotopic (exact) mass is 278 g/mol. The number of hydrogen-bond acceptors (Lipinski definition) is 2. The molecule has 0 radical (unpaired) electrons. The van der Waals surface area contributed by atoms with Crippen LogP contribution in [0.15, 0.2) is 30.3 Å². The summed E-state index contributed by atoms with van der Waals surface area (Å²) in [6, 6.07) is 8.59. The molecule has 2 amide bonds. The van der Waals surface area contributed by atoms with Crippen LogP contribution in [-0.4, -0.2) is 29.7 Å².